The van der Waals surface area contributed by atoms with Crippen molar-refractivity contribution >= 4 is 50.2 Å². The van der Waals surface area contributed by atoms with Gasteiger partial charge in [-0.25, -0.2) is 4.68 Å². The third-order valence-electron chi connectivity index (χ3n) is 5.88. The number of aromatic nitrogens is 1. The molecular weight excluding hydrogens is 524 g/mol. The number of hydrogen-bond donors (Lipinski definition) is 3. The van der Waals surface area contributed by atoms with Gasteiger partial charge in [-0.3, -0.25) is 19.8 Å². The van der Waals surface area contributed by atoms with Crippen LogP contribution in [0.5, 0.6) is 5.75 Å². The molecule has 3 N–H and O–H groups in total. The lowest BCUT2D eigenvalue weighted by molar-refractivity contribution is -0.136. The van der Waals surface area contributed by atoms with Gasteiger partial charge in [0, 0.05) is 22.1 Å². The first-order chi connectivity index (χ1) is 17.3. The molecule has 9 heteroatoms. The number of ether oxygens (including phenoxy) is 1. The Morgan fingerprint density at radius 2 is 1.69 bits per heavy atom. The Bertz CT molecular complexity index is 1460. The number of amides is 3. The number of rotatable bonds is 6. The number of carbonyl (C=O) groups excluding carboxylic acids is 3. The summed E-state index contributed by atoms with van der Waals surface area (Å²) in [6.07, 6.45) is 0. The van der Waals surface area contributed by atoms with Gasteiger partial charge >= 0.3 is 11.8 Å². The molecule has 0 bridgehead atoms. The van der Waals surface area contributed by atoms with Crippen LogP contribution in [0.15, 0.2) is 71.2 Å². The molecule has 4 aromatic rings. The summed E-state index contributed by atoms with van der Waals surface area (Å²) >= 11 is 3.43. The normalized spacial score (nSPS) is 10.7. The summed E-state index contributed by atoms with van der Waals surface area (Å²) in [5.41, 5.74) is 6.78. The van der Waals surface area contributed by atoms with E-state index in [9.17, 15) is 14.4 Å². The highest BCUT2D eigenvalue weighted by molar-refractivity contribution is 9.10. The molecule has 0 saturated carbocycles. The first-order valence-corrected chi connectivity index (χ1v) is 12.0. The quantitative estimate of drug-likeness (QED) is 0.305. The first-order valence-electron chi connectivity index (χ1n) is 11.2. The average molecular weight is 549 g/mol. The summed E-state index contributed by atoms with van der Waals surface area (Å²) in [6.45, 7) is 4.05. The van der Waals surface area contributed by atoms with Crippen LogP contribution in [0.2, 0.25) is 0 Å². The van der Waals surface area contributed by atoms with Gasteiger partial charge in [0.1, 0.15) is 11.4 Å². The lowest BCUT2D eigenvalue weighted by Crippen LogP contribution is -2.39. The summed E-state index contributed by atoms with van der Waals surface area (Å²) < 4.78 is 7.27. The van der Waals surface area contributed by atoms with Crippen LogP contribution in [0.4, 0.5) is 5.69 Å². The van der Waals surface area contributed by atoms with Crippen molar-refractivity contribution in [3.8, 4) is 5.75 Å². The van der Waals surface area contributed by atoms with Crippen molar-refractivity contribution < 1.29 is 19.1 Å². The molecule has 36 heavy (non-hydrogen) atoms. The van der Waals surface area contributed by atoms with Crippen LogP contribution < -0.4 is 20.8 Å². The third kappa shape index (κ3) is 5.41. The number of hydrogen-bond acceptors (Lipinski definition) is 4. The van der Waals surface area contributed by atoms with Crippen LogP contribution in [0.3, 0.4) is 0 Å². The molecule has 184 valence electrons. The number of methoxy groups -OCH3 is 1. The van der Waals surface area contributed by atoms with E-state index in [-0.39, 0.29) is 12.2 Å². The van der Waals surface area contributed by atoms with Crippen molar-refractivity contribution in [3.63, 3.8) is 0 Å². The molecule has 8 nitrogen and oxygen atoms in total. The van der Waals surface area contributed by atoms with Crippen molar-refractivity contribution in [2.45, 2.75) is 20.4 Å². The van der Waals surface area contributed by atoms with Gasteiger partial charge in [0.15, 0.2) is 0 Å². The molecule has 0 atom stereocenters. The number of carbonyl (C=O) groups is 3. The fraction of sp³-hybridized carbons (Fsp3) is 0.148. The molecule has 4 rings (SSSR count). The van der Waals surface area contributed by atoms with Crippen molar-refractivity contribution in [3.05, 3.63) is 93.6 Å². The Morgan fingerprint density at radius 3 is 2.42 bits per heavy atom. The number of nitrogens with zero attached hydrogens (tertiary/aromatic N) is 1. The van der Waals surface area contributed by atoms with Crippen molar-refractivity contribution in [1.29, 1.82) is 0 Å². The summed E-state index contributed by atoms with van der Waals surface area (Å²) in [7, 11) is 1.57. The van der Waals surface area contributed by atoms with Gasteiger partial charge in [0.2, 0.25) is 0 Å². The van der Waals surface area contributed by atoms with Gasteiger partial charge in [-0.05, 0) is 73.0 Å². The van der Waals surface area contributed by atoms with Gasteiger partial charge in [-0.2, -0.15) is 0 Å². The Kier molecular flexibility index (Phi) is 7.40. The lowest BCUT2D eigenvalue weighted by Gasteiger charge is -2.14. The standard InChI is InChI=1S/C27H25BrN4O4/c1-16-5-4-6-22(17(16)2)30-25(33)24-14-19-13-20(28)9-12-23(19)32(24)31-27(35)26(34)29-15-18-7-10-21(36-3)11-8-18/h4-14H,15H2,1-3H3,(H,29,34)(H,30,33)(H,31,35). The van der Waals surface area contributed by atoms with E-state index >= 15 is 0 Å². The van der Waals surface area contributed by atoms with Gasteiger partial charge < -0.3 is 15.4 Å². The second-order valence-electron chi connectivity index (χ2n) is 8.24. The molecule has 1 heterocycles. The second kappa shape index (κ2) is 10.7. The monoisotopic (exact) mass is 548 g/mol. The van der Waals surface area contributed by atoms with E-state index in [0.29, 0.717) is 17.0 Å². The predicted octanol–water partition coefficient (Wildman–Crippen LogP) is 4.67. The zero-order chi connectivity index (χ0) is 25.8. The molecule has 0 aliphatic carbocycles. The van der Waals surface area contributed by atoms with Crippen LogP contribution in [0.25, 0.3) is 10.9 Å². The molecule has 0 aliphatic heterocycles. The SMILES string of the molecule is COc1ccc(CNC(=O)C(=O)Nn2c(C(=O)Nc3cccc(C)c3C)cc3cc(Br)ccc32)cc1. The van der Waals surface area contributed by atoms with Crippen molar-refractivity contribution in [1.82, 2.24) is 9.99 Å². The molecule has 3 aromatic carbocycles. The topological polar surface area (TPSA) is 101 Å². The lowest BCUT2D eigenvalue weighted by atomic mass is 10.1. The van der Waals surface area contributed by atoms with Gasteiger partial charge in [0.25, 0.3) is 5.91 Å². The van der Waals surface area contributed by atoms with Crippen LogP contribution in [0, 0.1) is 13.8 Å². The zero-order valence-electron chi connectivity index (χ0n) is 20.0. The van der Waals surface area contributed by atoms with Crippen LogP contribution in [-0.4, -0.2) is 29.5 Å². The number of anilines is 1. The van der Waals surface area contributed by atoms with Gasteiger partial charge in [-0.15, -0.1) is 0 Å². The van der Waals surface area contributed by atoms with E-state index in [1.807, 2.05) is 38.1 Å². The molecule has 0 unspecified atom stereocenters. The molecule has 3 amide bonds. The van der Waals surface area contributed by atoms with E-state index in [0.717, 1.165) is 26.5 Å². The largest absolute Gasteiger partial charge is 0.497 e. The third-order valence-corrected chi connectivity index (χ3v) is 6.37. The average Bonchev–Trinajstić information content (AvgIpc) is 3.22. The highest BCUT2D eigenvalue weighted by Gasteiger charge is 2.21. The summed E-state index contributed by atoms with van der Waals surface area (Å²) in [5.74, 6) is -1.45. The number of fused-ring (bicyclic) bond motifs is 1. The molecule has 0 spiro atoms. The maximum Gasteiger partial charge on any atom is 0.328 e. The molecule has 0 fully saturated rings. The molecule has 0 saturated heterocycles. The fourth-order valence-corrected chi connectivity index (χ4v) is 4.08. The zero-order valence-corrected chi connectivity index (χ0v) is 21.6. The van der Waals surface area contributed by atoms with Crippen molar-refractivity contribution in [2.24, 2.45) is 0 Å². The summed E-state index contributed by atoms with van der Waals surface area (Å²) in [5, 5.41) is 6.22. The number of benzene rings is 3. The Hall–Kier alpha value is -4.11. The summed E-state index contributed by atoms with van der Waals surface area (Å²) in [6, 6.07) is 19.8. The smallest absolute Gasteiger partial charge is 0.328 e. The van der Waals surface area contributed by atoms with Gasteiger partial charge in [0.05, 0.1) is 12.6 Å². The molecular formula is C27H25BrN4O4. The Morgan fingerprint density at radius 1 is 0.944 bits per heavy atom. The summed E-state index contributed by atoms with van der Waals surface area (Å²) in [4.78, 5) is 38.6. The minimum Gasteiger partial charge on any atom is -0.497 e. The Balaban J connectivity index is 1.56. The van der Waals surface area contributed by atoms with Gasteiger partial charge in [-0.1, -0.05) is 40.2 Å². The van der Waals surface area contributed by atoms with E-state index in [1.54, 1.807) is 49.6 Å². The second-order valence-corrected chi connectivity index (χ2v) is 9.16. The van der Waals surface area contributed by atoms with E-state index < -0.39 is 17.7 Å². The number of nitrogens with one attached hydrogen (secondary N) is 3. The first kappa shape index (κ1) is 25.0. The maximum atomic E-state index is 13.3. The van der Waals surface area contributed by atoms with E-state index in [2.05, 4.69) is 32.0 Å². The van der Waals surface area contributed by atoms with E-state index in [4.69, 9.17) is 4.74 Å². The number of aryl methyl sites for hydroxylation is 1. The molecule has 0 radical (unpaired) electrons. The van der Waals surface area contributed by atoms with Crippen molar-refractivity contribution in [2.75, 3.05) is 17.9 Å². The molecule has 1 aromatic heterocycles. The van der Waals surface area contributed by atoms with Crippen LogP contribution >= 0.6 is 15.9 Å². The van der Waals surface area contributed by atoms with E-state index in [1.165, 1.54) is 4.68 Å². The highest BCUT2D eigenvalue weighted by Crippen LogP contribution is 2.25. The fourth-order valence-electron chi connectivity index (χ4n) is 3.70. The molecule has 0 aliphatic rings. The maximum absolute atomic E-state index is 13.3. The minimum atomic E-state index is -0.898. The van der Waals surface area contributed by atoms with Crippen LogP contribution in [0.1, 0.15) is 27.2 Å². The minimum absolute atomic E-state index is 0.162. The highest BCUT2D eigenvalue weighted by atomic mass is 79.9. The van der Waals surface area contributed by atoms with Crippen LogP contribution in [-0.2, 0) is 16.1 Å². The Labute approximate surface area is 216 Å². The number of halogens is 1. The predicted molar refractivity (Wildman–Crippen MR) is 143 cm³/mol.